The summed E-state index contributed by atoms with van der Waals surface area (Å²) in [4.78, 5) is 0. The lowest BCUT2D eigenvalue weighted by atomic mass is 10.1. The van der Waals surface area contributed by atoms with Crippen molar-refractivity contribution in [3.63, 3.8) is 0 Å². The van der Waals surface area contributed by atoms with E-state index in [1.807, 2.05) is 7.05 Å². The lowest BCUT2D eigenvalue weighted by Crippen LogP contribution is -2.09. The molecule has 0 aliphatic carbocycles. The van der Waals surface area contributed by atoms with Gasteiger partial charge in [0.05, 0.1) is 22.8 Å². The average molecular weight is 286 g/mol. The highest BCUT2D eigenvalue weighted by molar-refractivity contribution is 8.00. The molecular weight excluding hydrogens is 272 g/mol. The van der Waals surface area contributed by atoms with E-state index in [0.717, 1.165) is 0 Å². The maximum absolute atomic E-state index is 11.5. The highest BCUT2D eigenvalue weighted by Crippen LogP contribution is 2.30. The highest BCUT2D eigenvalue weighted by Gasteiger charge is 2.32. The summed E-state index contributed by atoms with van der Waals surface area (Å²) in [6, 6.07) is 2.12. The summed E-state index contributed by atoms with van der Waals surface area (Å²) in [6.07, 6.45) is 0.604. The predicted octanol–water partition coefficient (Wildman–Crippen LogP) is 0.721. The molecule has 1 aliphatic rings. The summed E-state index contributed by atoms with van der Waals surface area (Å²) in [7, 11) is -1.11. The quantitative estimate of drug-likeness (QED) is 0.761. The Kier molecular flexibility index (Phi) is 3.64. The largest absolute Gasteiger partial charge is 0.309 e. The molecule has 0 radical (unpaired) electrons. The fraction of sp³-hybridized carbons (Fsp3) is 0.700. The Morgan fingerprint density at radius 2 is 2.28 bits per heavy atom. The third kappa shape index (κ3) is 2.67. The third-order valence-corrected chi connectivity index (χ3v) is 5.72. The minimum absolute atomic E-state index is 0.0701. The van der Waals surface area contributed by atoms with E-state index in [2.05, 4.69) is 16.3 Å². The lowest BCUT2D eigenvalue weighted by molar-refractivity contribution is 0.599. The Morgan fingerprint density at radius 3 is 2.83 bits per heavy atom. The molecule has 0 bridgehead atoms. The van der Waals surface area contributed by atoms with Gasteiger partial charge in [-0.05, 0) is 13.3 Å². The topological polar surface area (TPSA) is 88.6 Å². The van der Waals surface area contributed by atoms with Crippen LogP contribution in [0.2, 0.25) is 0 Å². The molecule has 1 aromatic heterocycles. The maximum atomic E-state index is 11.5. The molecule has 1 aromatic rings. The minimum Gasteiger partial charge on any atom is -0.309 e. The van der Waals surface area contributed by atoms with Gasteiger partial charge < -0.3 is 4.57 Å². The molecule has 98 valence electrons. The third-order valence-electron chi connectivity index (χ3n) is 2.93. The summed E-state index contributed by atoms with van der Waals surface area (Å²) >= 11 is 1.33. The molecule has 2 rings (SSSR count). The number of hydrogen-bond acceptors (Lipinski definition) is 6. The molecule has 1 fully saturated rings. The lowest BCUT2D eigenvalue weighted by Gasteiger charge is -2.08. The summed E-state index contributed by atoms with van der Waals surface area (Å²) in [6.45, 7) is 1.79. The van der Waals surface area contributed by atoms with Gasteiger partial charge >= 0.3 is 0 Å². The van der Waals surface area contributed by atoms with Gasteiger partial charge in [-0.15, -0.1) is 10.2 Å². The van der Waals surface area contributed by atoms with Gasteiger partial charge in [0.25, 0.3) is 0 Å². The van der Waals surface area contributed by atoms with E-state index in [1.165, 1.54) is 11.8 Å². The fourth-order valence-electron chi connectivity index (χ4n) is 1.97. The molecule has 1 saturated heterocycles. The van der Waals surface area contributed by atoms with Gasteiger partial charge in [-0.3, -0.25) is 0 Å². The molecule has 18 heavy (non-hydrogen) atoms. The van der Waals surface area contributed by atoms with Crippen molar-refractivity contribution >= 4 is 21.6 Å². The van der Waals surface area contributed by atoms with Crippen molar-refractivity contribution in [3.8, 4) is 6.07 Å². The molecule has 0 saturated carbocycles. The van der Waals surface area contributed by atoms with Crippen molar-refractivity contribution in [2.24, 2.45) is 7.05 Å². The van der Waals surface area contributed by atoms with Crippen molar-refractivity contribution in [3.05, 3.63) is 5.82 Å². The molecule has 0 N–H and O–H groups in total. The van der Waals surface area contributed by atoms with Crippen LogP contribution in [0.25, 0.3) is 0 Å². The standard InChI is InChI=1S/C10H14N4O2S2/c1-7(5-11)17-10-13-12-9(14(10)2)8-3-4-18(15,16)6-8/h7-8H,3-4,6H2,1-2H3/t7-,8-/m0/s1. The van der Waals surface area contributed by atoms with E-state index in [-0.39, 0.29) is 22.7 Å². The van der Waals surface area contributed by atoms with Gasteiger partial charge in [-0.25, -0.2) is 8.42 Å². The number of nitriles is 1. The fourth-order valence-corrected chi connectivity index (χ4v) is 4.42. The van der Waals surface area contributed by atoms with Gasteiger partial charge in [0.1, 0.15) is 5.82 Å². The molecule has 2 atom stereocenters. The van der Waals surface area contributed by atoms with Crippen LogP contribution in [0.15, 0.2) is 5.16 Å². The van der Waals surface area contributed by atoms with Gasteiger partial charge in [-0.2, -0.15) is 5.26 Å². The second-order valence-corrected chi connectivity index (χ2v) is 7.93. The monoisotopic (exact) mass is 286 g/mol. The number of nitrogens with zero attached hydrogens (tertiary/aromatic N) is 4. The smallest absolute Gasteiger partial charge is 0.192 e. The first-order valence-electron chi connectivity index (χ1n) is 5.59. The molecule has 0 spiro atoms. The number of hydrogen-bond donors (Lipinski definition) is 0. The van der Waals surface area contributed by atoms with Crippen LogP contribution in [0, 0.1) is 11.3 Å². The molecule has 8 heteroatoms. The van der Waals surface area contributed by atoms with Crippen molar-refractivity contribution in [2.45, 2.75) is 29.7 Å². The number of sulfone groups is 1. The number of rotatable bonds is 3. The van der Waals surface area contributed by atoms with Crippen molar-refractivity contribution in [1.82, 2.24) is 14.8 Å². The molecule has 0 amide bonds. The van der Waals surface area contributed by atoms with Gasteiger partial charge in [0.2, 0.25) is 0 Å². The Labute approximate surface area is 110 Å². The molecule has 0 unspecified atom stereocenters. The normalized spacial score (nSPS) is 23.7. The zero-order chi connectivity index (χ0) is 13.3. The molecule has 0 aromatic carbocycles. The summed E-state index contributed by atoms with van der Waals surface area (Å²) in [5.74, 6) is 1.00. The number of aromatic nitrogens is 3. The Bertz CT molecular complexity index is 588. The second kappa shape index (κ2) is 4.90. The minimum atomic E-state index is -2.92. The first kappa shape index (κ1) is 13.4. The van der Waals surface area contributed by atoms with Crippen LogP contribution in [0.5, 0.6) is 0 Å². The van der Waals surface area contributed by atoms with Gasteiger partial charge in [0.15, 0.2) is 15.0 Å². The average Bonchev–Trinajstić information content (AvgIpc) is 2.83. The van der Waals surface area contributed by atoms with Gasteiger partial charge in [0, 0.05) is 13.0 Å². The van der Waals surface area contributed by atoms with Crippen molar-refractivity contribution in [2.75, 3.05) is 11.5 Å². The Balaban J connectivity index is 2.19. The Morgan fingerprint density at radius 1 is 1.56 bits per heavy atom. The van der Waals surface area contributed by atoms with Crippen LogP contribution in [0.1, 0.15) is 25.1 Å². The summed E-state index contributed by atoms with van der Waals surface area (Å²) < 4.78 is 24.7. The summed E-state index contributed by atoms with van der Waals surface area (Å²) in [5.41, 5.74) is 0. The molecule has 1 aliphatic heterocycles. The maximum Gasteiger partial charge on any atom is 0.192 e. The van der Waals surface area contributed by atoms with Crippen LogP contribution in [0.3, 0.4) is 0 Å². The molecule has 2 heterocycles. The number of thioether (sulfide) groups is 1. The Hall–Kier alpha value is -1.07. The first-order valence-corrected chi connectivity index (χ1v) is 8.29. The second-order valence-electron chi connectivity index (χ2n) is 4.39. The van der Waals surface area contributed by atoms with E-state index in [9.17, 15) is 8.42 Å². The first-order chi connectivity index (χ1) is 8.43. The van der Waals surface area contributed by atoms with Crippen LogP contribution in [-0.2, 0) is 16.9 Å². The van der Waals surface area contributed by atoms with Crippen LogP contribution in [-0.4, -0.2) is 39.9 Å². The van der Waals surface area contributed by atoms with E-state index in [4.69, 9.17) is 5.26 Å². The van der Waals surface area contributed by atoms with E-state index >= 15 is 0 Å². The molecular formula is C10H14N4O2S2. The van der Waals surface area contributed by atoms with Gasteiger partial charge in [-0.1, -0.05) is 11.8 Å². The predicted molar refractivity (Wildman–Crippen MR) is 67.9 cm³/mol. The van der Waals surface area contributed by atoms with Crippen LogP contribution >= 0.6 is 11.8 Å². The SMILES string of the molecule is C[C@@H](C#N)Sc1nnc([C@H]2CCS(=O)(=O)C2)n1C. The zero-order valence-electron chi connectivity index (χ0n) is 10.2. The molecule has 6 nitrogen and oxygen atoms in total. The zero-order valence-corrected chi connectivity index (χ0v) is 11.8. The van der Waals surface area contributed by atoms with E-state index < -0.39 is 9.84 Å². The van der Waals surface area contributed by atoms with E-state index in [1.54, 1.807) is 11.5 Å². The van der Waals surface area contributed by atoms with Crippen LogP contribution in [0.4, 0.5) is 0 Å². The highest BCUT2D eigenvalue weighted by atomic mass is 32.2. The van der Waals surface area contributed by atoms with Crippen molar-refractivity contribution < 1.29 is 8.42 Å². The van der Waals surface area contributed by atoms with Crippen LogP contribution < -0.4 is 0 Å². The van der Waals surface area contributed by atoms with E-state index in [0.29, 0.717) is 17.4 Å². The summed E-state index contributed by atoms with van der Waals surface area (Å²) in [5, 5.41) is 17.3. The van der Waals surface area contributed by atoms with Crippen molar-refractivity contribution in [1.29, 1.82) is 5.26 Å².